The van der Waals surface area contributed by atoms with Crippen molar-refractivity contribution in [3.8, 4) is 6.01 Å². The molecule has 2 aromatic heterocycles. The molecule has 0 atom stereocenters. The molecule has 0 aromatic carbocycles. The zero-order valence-corrected chi connectivity index (χ0v) is 10.9. The minimum Gasteiger partial charge on any atom is -0.466 e. The standard InChI is InChI=1S/C9H12N6O2S/c1-4(2)5-6(18-15-12-5)7(16)10-8-11-9(17-3)14-13-8/h4H,1-3H3,(H2,10,11,13,14,16). The van der Waals surface area contributed by atoms with E-state index < -0.39 is 0 Å². The lowest BCUT2D eigenvalue weighted by Gasteiger charge is -2.03. The van der Waals surface area contributed by atoms with Gasteiger partial charge in [-0.2, -0.15) is 4.98 Å². The number of rotatable bonds is 4. The van der Waals surface area contributed by atoms with Crippen LogP contribution in [0.1, 0.15) is 35.1 Å². The van der Waals surface area contributed by atoms with Crippen LogP contribution in [0.25, 0.3) is 0 Å². The van der Waals surface area contributed by atoms with Gasteiger partial charge in [-0.25, -0.2) is 5.10 Å². The lowest BCUT2D eigenvalue weighted by Crippen LogP contribution is -2.14. The van der Waals surface area contributed by atoms with Crippen LogP contribution in [0.3, 0.4) is 0 Å². The van der Waals surface area contributed by atoms with E-state index in [2.05, 4.69) is 30.1 Å². The average molecular weight is 268 g/mol. The van der Waals surface area contributed by atoms with E-state index in [9.17, 15) is 4.79 Å². The van der Waals surface area contributed by atoms with E-state index >= 15 is 0 Å². The number of aromatic amines is 1. The number of aromatic nitrogens is 5. The SMILES string of the molecule is COc1n[nH]c(NC(=O)c2snnc2C(C)C)n1. The normalized spacial score (nSPS) is 10.7. The number of H-pyrrole nitrogens is 1. The monoisotopic (exact) mass is 268 g/mol. The molecule has 0 saturated carbocycles. The van der Waals surface area contributed by atoms with E-state index in [0.717, 1.165) is 11.5 Å². The molecule has 0 aliphatic heterocycles. The Morgan fingerprint density at radius 1 is 1.50 bits per heavy atom. The number of carbonyl (C=O) groups is 1. The summed E-state index contributed by atoms with van der Waals surface area (Å²) in [6.45, 7) is 3.90. The summed E-state index contributed by atoms with van der Waals surface area (Å²) in [7, 11) is 1.44. The maximum Gasteiger partial charge on any atom is 0.336 e. The molecule has 0 radical (unpaired) electrons. The number of ether oxygens (including phenoxy) is 1. The first-order valence-electron chi connectivity index (χ1n) is 5.21. The van der Waals surface area contributed by atoms with Gasteiger partial charge in [0.15, 0.2) is 0 Å². The van der Waals surface area contributed by atoms with Crippen molar-refractivity contribution in [3.05, 3.63) is 10.6 Å². The number of hydrogen-bond donors (Lipinski definition) is 2. The van der Waals surface area contributed by atoms with Crippen molar-refractivity contribution in [2.75, 3.05) is 12.4 Å². The fourth-order valence-electron chi connectivity index (χ4n) is 1.29. The molecule has 2 N–H and O–H groups in total. The highest BCUT2D eigenvalue weighted by atomic mass is 32.1. The number of carbonyl (C=O) groups excluding carboxylic acids is 1. The summed E-state index contributed by atoms with van der Waals surface area (Å²) in [5, 5.41) is 12.8. The molecular weight excluding hydrogens is 256 g/mol. The van der Waals surface area contributed by atoms with E-state index in [4.69, 9.17) is 4.74 Å². The molecular formula is C9H12N6O2S. The first-order chi connectivity index (χ1) is 8.61. The Labute approximate surface area is 107 Å². The predicted octanol–water partition coefficient (Wildman–Crippen LogP) is 1.04. The molecule has 2 rings (SSSR count). The van der Waals surface area contributed by atoms with Gasteiger partial charge in [0.05, 0.1) is 12.8 Å². The van der Waals surface area contributed by atoms with Gasteiger partial charge in [0.2, 0.25) is 5.95 Å². The Bertz CT molecular complexity index is 549. The van der Waals surface area contributed by atoms with E-state index in [1.807, 2.05) is 13.8 Å². The first-order valence-corrected chi connectivity index (χ1v) is 5.99. The van der Waals surface area contributed by atoms with E-state index in [0.29, 0.717) is 10.6 Å². The predicted molar refractivity (Wildman–Crippen MR) is 64.9 cm³/mol. The van der Waals surface area contributed by atoms with Crippen LogP contribution in [0.2, 0.25) is 0 Å². The van der Waals surface area contributed by atoms with Gasteiger partial charge in [0.1, 0.15) is 4.88 Å². The number of nitrogens with zero attached hydrogens (tertiary/aromatic N) is 4. The zero-order valence-electron chi connectivity index (χ0n) is 10.1. The minimum atomic E-state index is -0.312. The second-order valence-electron chi connectivity index (χ2n) is 3.77. The topological polar surface area (TPSA) is 106 Å². The van der Waals surface area contributed by atoms with E-state index in [1.165, 1.54) is 7.11 Å². The summed E-state index contributed by atoms with van der Waals surface area (Å²) in [5.41, 5.74) is 0.670. The fraction of sp³-hybridized carbons (Fsp3) is 0.444. The van der Waals surface area contributed by atoms with Crippen molar-refractivity contribution < 1.29 is 9.53 Å². The summed E-state index contributed by atoms with van der Waals surface area (Å²) >= 11 is 1.05. The van der Waals surface area contributed by atoms with Crippen LogP contribution < -0.4 is 10.1 Å². The second kappa shape index (κ2) is 5.08. The third kappa shape index (κ3) is 2.45. The largest absolute Gasteiger partial charge is 0.466 e. The van der Waals surface area contributed by atoms with Crippen molar-refractivity contribution in [1.29, 1.82) is 0 Å². The molecule has 0 aliphatic carbocycles. The molecule has 0 saturated heterocycles. The number of nitrogens with one attached hydrogen (secondary N) is 2. The molecule has 2 heterocycles. The van der Waals surface area contributed by atoms with Crippen molar-refractivity contribution in [2.45, 2.75) is 19.8 Å². The highest BCUT2D eigenvalue weighted by molar-refractivity contribution is 7.08. The van der Waals surface area contributed by atoms with Crippen molar-refractivity contribution >= 4 is 23.4 Å². The smallest absolute Gasteiger partial charge is 0.336 e. The highest BCUT2D eigenvalue weighted by Gasteiger charge is 2.19. The van der Waals surface area contributed by atoms with Gasteiger partial charge >= 0.3 is 6.01 Å². The highest BCUT2D eigenvalue weighted by Crippen LogP contribution is 2.20. The molecule has 0 fully saturated rings. The van der Waals surface area contributed by atoms with Crippen LogP contribution in [-0.2, 0) is 0 Å². The Hall–Kier alpha value is -2.03. The lowest BCUT2D eigenvalue weighted by atomic mass is 10.1. The van der Waals surface area contributed by atoms with E-state index in [1.54, 1.807) is 0 Å². The van der Waals surface area contributed by atoms with Crippen LogP contribution in [-0.4, -0.2) is 37.8 Å². The second-order valence-corrected chi connectivity index (χ2v) is 4.52. The summed E-state index contributed by atoms with van der Waals surface area (Å²) in [4.78, 5) is 16.4. The van der Waals surface area contributed by atoms with Crippen LogP contribution in [0.15, 0.2) is 0 Å². The van der Waals surface area contributed by atoms with Crippen LogP contribution in [0.4, 0.5) is 5.95 Å². The summed E-state index contributed by atoms with van der Waals surface area (Å²) < 4.78 is 8.59. The molecule has 1 amide bonds. The lowest BCUT2D eigenvalue weighted by molar-refractivity contribution is 0.102. The number of methoxy groups -OCH3 is 1. The maximum atomic E-state index is 12.0. The molecule has 0 unspecified atom stereocenters. The quantitative estimate of drug-likeness (QED) is 0.858. The van der Waals surface area contributed by atoms with Crippen LogP contribution in [0, 0.1) is 0 Å². The summed E-state index contributed by atoms with van der Waals surface area (Å²) in [6, 6.07) is 0.164. The Balaban J connectivity index is 2.14. The number of hydrogen-bond acceptors (Lipinski definition) is 7. The van der Waals surface area contributed by atoms with Gasteiger partial charge in [-0.05, 0) is 17.5 Å². The molecule has 18 heavy (non-hydrogen) atoms. The Morgan fingerprint density at radius 2 is 2.28 bits per heavy atom. The Kier molecular flexibility index (Phi) is 3.51. The van der Waals surface area contributed by atoms with Crippen molar-refractivity contribution in [3.63, 3.8) is 0 Å². The third-order valence-corrected chi connectivity index (χ3v) is 2.89. The number of anilines is 1. The average Bonchev–Trinajstić information content (AvgIpc) is 2.96. The van der Waals surface area contributed by atoms with Crippen LogP contribution >= 0.6 is 11.5 Å². The molecule has 0 spiro atoms. The summed E-state index contributed by atoms with van der Waals surface area (Å²) in [6.07, 6.45) is 0. The third-order valence-electron chi connectivity index (χ3n) is 2.15. The van der Waals surface area contributed by atoms with Gasteiger partial charge in [-0.1, -0.05) is 18.3 Å². The molecule has 96 valence electrons. The molecule has 9 heteroatoms. The van der Waals surface area contributed by atoms with Crippen molar-refractivity contribution in [2.24, 2.45) is 0 Å². The minimum absolute atomic E-state index is 0.133. The molecule has 0 bridgehead atoms. The molecule has 0 aliphatic rings. The zero-order chi connectivity index (χ0) is 13.1. The fourth-order valence-corrected chi connectivity index (χ4v) is 2.01. The molecule has 8 nitrogen and oxygen atoms in total. The molecule has 2 aromatic rings. The maximum absolute atomic E-state index is 12.0. The summed E-state index contributed by atoms with van der Waals surface area (Å²) in [5.74, 6) is 0.0428. The van der Waals surface area contributed by atoms with Gasteiger partial charge in [-0.15, -0.1) is 10.2 Å². The van der Waals surface area contributed by atoms with Gasteiger partial charge in [0.25, 0.3) is 5.91 Å². The van der Waals surface area contributed by atoms with Gasteiger partial charge < -0.3 is 4.74 Å². The Morgan fingerprint density at radius 3 is 2.89 bits per heavy atom. The van der Waals surface area contributed by atoms with Gasteiger partial charge in [-0.3, -0.25) is 10.1 Å². The number of amides is 1. The van der Waals surface area contributed by atoms with Gasteiger partial charge in [0, 0.05) is 0 Å². The van der Waals surface area contributed by atoms with Crippen molar-refractivity contribution in [1.82, 2.24) is 24.8 Å². The van der Waals surface area contributed by atoms with E-state index in [-0.39, 0.29) is 23.8 Å². The van der Waals surface area contributed by atoms with Crippen LogP contribution in [0.5, 0.6) is 6.01 Å². The first kappa shape index (κ1) is 12.4.